The molecule has 2 rings (SSSR count). The molecule has 0 saturated heterocycles. The van der Waals surface area contributed by atoms with Crippen LogP contribution in [0.1, 0.15) is 22.7 Å². The van der Waals surface area contributed by atoms with E-state index in [0.29, 0.717) is 10.9 Å². The first-order valence-corrected chi connectivity index (χ1v) is 6.71. The van der Waals surface area contributed by atoms with Gasteiger partial charge in [-0.2, -0.15) is 0 Å². The van der Waals surface area contributed by atoms with Gasteiger partial charge in [-0.05, 0) is 60.4 Å². The third-order valence-corrected chi connectivity index (χ3v) is 3.52. The van der Waals surface area contributed by atoms with Gasteiger partial charge in [-0.25, -0.2) is 8.78 Å². The Hall–Kier alpha value is -1.26. The van der Waals surface area contributed by atoms with E-state index in [1.165, 1.54) is 24.3 Å². The Labute approximate surface area is 119 Å². The van der Waals surface area contributed by atoms with E-state index in [-0.39, 0.29) is 17.7 Å². The van der Waals surface area contributed by atoms with Crippen LogP contribution in [0.25, 0.3) is 0 Å². The molecule has 0 heterocycles. The fraction of sp³-hybridized carbons (Fsp3) is 0.200. The largest absolute Gasteiger partial charge is 0.324 e. The lowest BCUT2D eigenvalue weighted by atomic mass is 9.97. The molecule has 4 heteroatoms. The number of hydrogen-bond donors (Lipinski definition) is 1. The molecule has 0 radical (unpaired) electrons. The Morgan fingerprint density at radius 2 is 1.84 bits per heavy atom. The zero-order valence-electron chi connectivity index (χ0n) is 10.5. The number of halogens is 3. The lowest BCUT2D eigenvalue weighted by Gasteiger charge is -2.14. The second kappa shape index (κ2) is 5.80. The molecule has 0 aliphatic carbocycles. The average Bonchev–Trinajstić information content (AvgIpc) is 2.31. The fourth-order valence-electron chi connectivity index (χ4n) is 2.03. The van der Waals surface area contributed by atoms with Crippen LogP contribution in [-0.4, -0.2) is 0 Å². The van der Waals surface area contributed by atoms with E-state index in [4.69, 9.17) is 5.73 Å². The minimum Gasteiger partial charge on any atom is -0.324 e. The van der Waals surface area contributed by atoms with Crippen LogP contribution in [0.4, 0.5) is 8.78 Å². The molecule has 2 aromatic rings. The minimum absolute atomic E-state index is 0.261. The van der Waals surface area contributed by atoms with Gasteiger partial charge in [-0.1, -0.05) is 22.0 Å². The zero-order chi connectivity index (χ0) is 14.0. The summed E-state index contributed by atoms with van der Waals surface area (Å²) in [7, 11) is 0. The fourth-order valence-corrected chi connectivity index (χ4v) is 2.52. The van der Waals surface area contributed by atoms with E-state index in [1.807, 2.05) is 6.92 Å². The number of rotatable bonds is 3. The van der Waals surface area contributed by atoms with Crippen LogP contribution < -0.4 is 5.73 Å². The Balaban J connectivity index is 2.22. The standard InChI is InChI=1S/C15H14BrF2N/c1-9-4-13(17)3-2-10(9)7-15(19)11-5-12(16)8-14(18)6-11/h2-6,8,15H,7,19H2,1H3. The van der Waals surface area contributed by atoms with Crippen molar-refractivity contribution in [3.63, 3.8) is 0 Å². The van der Waals surface area contributed by atoms with Crippen LogP contribution in [0.2, 0.25) is 0 Å². The van der Waals surface area contributed by atoms with Crippen molar-refractivity contribution in [2.24, 2.45) is 5.73 Å². The van der Waals surface area contributed by atoms with Gasteiger partial charge in [-0.15, -0.1) is 0 Å². The van der Waals surface area contributed by atoms with Gasteiger partial charge in [0.25, 0.3) is 0 Å². The van der Waals surface area contributed by atoms with Gasteiger partial charge in [0, 0.05) is 10.5 Å². The van der Waals surface area contributed by atoms with Crippen molar-refractivity contribution >= 4 is 15.9 Å². The van der Waals surface area contributed by atoms with Crippen LogP contribution in [-0.2, 0) is 6.42 Å². The molecule has 0 saturated carbocycles. The molecule has 1 atom stereocenters. The highest BCUT2D eigenvalue weighted by molar-refractivity contribution is 9.10. The Bertz CT molecular complexity index is 578. The van der Waals surface area contributed by atoms with Crippen molar-refractivity contribution in [2.45, 2.75) is 19.4 Å². The van der Waals surface area contributed by atoms with Crippen LogP contribution >= 0.6 is 15.9 Å². The molecule has 0 bridgehead atoms. The SMILES string of the molecule is Cc1cc(F)ccc1CC(N)c1cc(F)cc(Br)c1. The summed E-state index contributed by atoms with van der Waals surface area (Å²) < 4.78 is 27.0. The maximum atomic E-state index is 13.3. The molecule has 0 aliphatic heterocycles. The summed E-state index contributed by atoms with van der Waals surface area (Å²) in [6.07, 6.45) is 0.544. The normalized spacial score (nSPS) is 12.5. The van der Waals surface area contributed by atoms with E-state index in [2.05, 4.69) is 15.9 Å². The smallest absolute Gasteiger partial charge is 0.124 e. The Kier molecular flexibility index (Phi) is 4.32. The molecule has 0 aliphatic rings. The van der Waals surface area contributed by atoms with Crippen LogP contribution in [0.5, 0.6) is 0 Å². The number of aryl methyl sites for hydroxylation is 1. The highest BCUT2D eigenvalue weighted by Gasteiger charge is 2.11. The van der Waals surface area contributed by atoms with Gasteiger partial charge >= 0.3 is 0 Å². The number of nitrogens with two attached hydrogens (primary N) is 1. The average molecular weight is 326 g/mol. The highest BCUT2D eigenvalue weighted by Crippen LogP contribution is 2.23. The van der Waals surface area contributed by atoms with E-state index in [0.717, 1.165) is 16.7 Å². The minimum atomic E-state index is -0.323. The van der Waals surface area contributed by atoms with Gasteiger partial charge in [0.2, 0.25) is 0 Å². The molecule has 0 amide bonds. The first-order chi connectivity index (χ1) is 8.95. The molecule has 1 unspecified atom stereocenters. The maximum Gasteiger partial charge on any atom is 0.124 e. The van der Waals surface area contributed by atoms with Gasteiger partial charge in [0.15, 0.2) is 0 Å². The monoisotopic (exact) mass is 325 g/mol. The van der Waals surface area contributed by atoms with Gasteiger partial charge in [0.1, 0.15) is 11.6 Å². The second-order valence-corrected chi connectivity index (χ2v) is 5.50. The molecular weight excluding hydrogens is 312 g/mol. The van der Waals surface area contributed by atoms with Crippen molar-refractivity contribution in [3.05, 3.63) is 69.2 Å². The van der Waals surface area contributed by atoms with Crippen molar-refractivity contribution in [3.8, 4) is 0 Å². The van der Waals surface area contributed by atoms with Crippen LogP contribution in [0, 0.1) is 18.6 Å². The van der Waals surface area contributed by atoms with Gasteiger partial charge in [0.05, 0.1) is 0 Å². The topological polar surface area (TPSA) is 26.0 Å². The Morgan fingerprint density at radius 1 is 1.11 bits per heavy atom. The lowest BCUT2D eigenvalue weighted by Crippen LogP contribution is -2.14. The van der Waals surface area contributed by atoms with E-state index in [1.54, 1.807) is 12.1 Å². The van der Waals surface area contributed by atoms with Crippen molar-refractivity contribution in [1.29, 1.82) is 0 Å². The Morgan fingerprint density at radius 3 is 2.47 bits per heavy atom. The van der Waals surface area contributed by atoms with Crippen LogP contribution in [0.3, 0.4) is 0 Å². The third-order valence-electron chi connectivity index (χ3n) is 3.06. The van der Waals surface area contributed by atoms with E-state index < -0.39 is 0 Å². The zero-order valence-corrected chi connectivity index (χ0v) is 12.0. The van der Waals surface area contributed by atoms with Crippen molar-refractivity contribution in [2.75, 3.05) is 0 Å². The van der Waals surface area contributed by atoms with Gasteiger partial charge in [-0.3, -0.25) is 0 Å². The number of hydrogen-bond acceptors (Lipinski definition) is 1. The number of benzene rings is 2. The van der Waals surface area contributed by atoms with Crippen LogP contribution in [0.15, 0.2) is 40.9 Å². The molecule has 2 N–H and O–H groups in total. The molecule has 100 valence electrons. The van der Waals surface area contributed by atoms with E-state index >= 15 is 0 Å². The van der Waals surface area contributed by atoms with E-state index in [9.17, 15) is 8.78 Å². The quantitative estimate of drug-likeness (QED) is 0.895. The maximum absolute atomic E-state index is 13.3. The lowest BCUT2D eigenvalue weighted by molar-refractivity contribution is 0.615. The molecule has 0 aromatic heterocycles. The first-order valence-electron chi connectivity index (χ1n) is 5.92. The van der Waals surface area contributed by atoms with Crippen molar-refractivity contribution < 1.29 is 8.78 Å². The summed E-state index contributed by atoms with van der Waals surface area (Å²) in [6.45, 7) is 1.84. The molecule has 0 spiro atoms. The molecule has 1 nitrogen and oxygen atoms in total. The highest BCUT2D eigenvalue weighted by atomic mass is 79.9. The molecule has 19 heavy (non-hydrogen) atoms. The summed E-state index contributed by atoms with van der Waals surface area (Å²) in [5.74, 6) is -0.584. The predicted molar refractivity (Wildman–Crippen MR) is 75.9 cm³/mol. The predicted octanol–water partition coefficient (Wildman–Crippen LogP) is 4.28. The summed E-state index contributed by atoms with van der Waals surface area (Å²) in [5, 5.41) is 0. The summed E-state index contributed by atoms with van der Waals surface area (Å²) in [6, 6.07) is 8.90. The summed E-state index contributed by atoms with van der Waals surface area (Å²) in [5.41, 5.74) is 8.63. The molecular formula is C15H14BrF2N. The molecule has 0 fully saturated rings. The third kappa shape index (κ3) is 3.61. The van der Waals surface area contributed by atoms with Gasteiger partial charge < -0.3 is 5.73 Å². The second-order valence-electron chi connectivity index (χ2n) is 4.58. The van der Waals surface area contributed by atoms with Crippen molar-refractivity contribution in [1.82, 2.24) is 0 Å². The summed E-state index contributed by atoms with van der Waals surface area (Å²) >= 11 is 3.25. The molecule has 2 aromatic carbocycles. The summed E-state index contributed by atoms with van der Waals surface area (Å²) in [4.78, 5) is 0. The first kappa shape index (κ1) is 14.2.